The summed E-state index contributed by atoms with van der Waals surface area (Å²) in [5, 5.41) is 2.42. The number of aromatic nitrogens is 5. The minimum Gasteiger partial charge on any atom is -0.477 e. The van der Waals surface area contributed by atoms with Gasteiger partial charge in [-0.1, -0.05) is 0 Å². The molecule has 0 aromatic carbocycles. The number of sulfonamides is 1. The summed E-state index contributed by atoms with van der Waals surface area (Å²) in [6, 6.07) is 5.01. The average molecular weight is 484 g/mol. The molecule has 1 amide bonds. The van der Waals surface area contributed by atoms with Crippen molar-refractivity contribution in [2.24, 2.45) is 0 Å². The van der Waals surface area contributed by atoms with Crippen LogP contribution in [0.5, 0.6) is 5.88 Å². The highest BCUT2D eigenvalue weighted by Crippen LogP contribution is 2.30. The van der Waals surface area contributed by atoms with Crippen molar-refractivity contribution in [3.63, 3.8) is 0 Å². The van der Waals surface area contributed by atoms with Crippen molar-refractivity contribution in [3.8, 4) is 17.3 Å². The van der Waals surface area contributed by atoms with E-state index in [1.165, 1.54) is 18.6 Å². The van der Waals surface area contributed by atoms with Gasteiger partial charge in [-0.25, -0.2) is 23.4 Å². The molecule has 34 heavy (non-hydrogen) atoms. The Hall–Kier alpha value is -3.67. The fourth-order valence-corrected chi connectivity index (χ4v) is 4.33. The molecule has 2 N–H and O–H groups in total. The lowest BCUT2D eigenvalue weighted by molar-refractivity contribution is -0.120. The second-order valence-electron chi connectivity index (χ2n) is 8.30. The van der Waals surface area contributed by atoms with Crippen LogP contribution in [0.3, 0.4) is 0 Å². The zero-order valence-corrected chi connectivity index (χ0v) is 19.8. The van der Waals surface area contributed by atoms with Gasteiger partial charge >= 0.3 is 0 Å². The molecule has 3 heterocycles. The molecule has 0 unspecified atom stereocenters. The molecule has 0 bridgehead atoms. The third-order valence-electron chi connectivity index (χ3n) is 5.25. The number of carbonyl (C=O) groups is 1. The smallest absolute Gasteiger partial charge is 0.237 e. The van der Waals surface area contributed by atoms with Crippen molar-refractivity contribution in [2.45, 2.75) is 44.3 Å². The summed E-state index contributed by atoms with van der Waals surface area (Å²) < 4.78 is 32.1. The van der Waals surface area contributed by atoms with Gasteiger partial charge in [-0.3, -0.25) is 19.5 Å². The highest BCUT2D eigenvalue weighted by atomic mass is 32.2. The van der Waals surface area contributed by atoms with Gasteiger partial charge in [0.25, 0.3) is 0 Å². The molecule has 0 aliphatic heterocycles. The number of nitrogens with one attached hydrogen (secondary N) is 2. The van der Waals surface area contributed by atoms with Crippen LogP contribution in [0.1, 0.15) is 39.3 Å². The Morgan fingerprint density at radius 1 is 1.09 bits per heavy atom. The quantitative estimate of drug-likeness (QED) is 0.468. The zero-order valence-electron chi connectivity index (χ0n) is 19.0. The van der Waals surface area contributed by atoms with Gasteiger partial charge in [-0.05, 0) is 51.8 Å². The SMILES string of the molecule is CCOc1cncc(-c2ccc(NC(=O)C(C)(C)c3ccnc(NS(=O)(=O)C4CC4)n3)cn2)n1. The van der Waals surface area contributed by atoms with Gasteiger partial charge in [0.2, 0.25) is 27.8 Å². The molecule has 1 aliphatic carbocycles. The minimum atomic E-state index is -3.51. The number of amides is 1. The summed E-state index contributed by atoms with van der Waals surface area (Å²) in [5.41, 5.74) is 0.917. The Morgan fingerprint density at radius 3 is 2.56 bits per heavy atom. The average Bonchev–Trinajstić information content (AvgIpc) is 3.66. The van der Waals surface area contributed by atoms with E-state index in [0.29, 0.717) is 48.1 Å². The predicted molar refractivity (Wildman–Crippen MR) is 126 cm³/mol. The molecule has 0 radical (unpaired) electrons. The van der Waals surface area contributed by atoms with Crippen molar-refractivity contribution >= 4 is 27.6 Å². The zero-order chi connectivity index (χ0) is 24.3. The van der Waals surface area contributed by atoms with Gasteiger partial charge in [-0.2, -0.15) is 0 Å². The maximum atomic E-state index is 13.0. The Bertz CT molecular complexity index is 1290. The van der Waals surface area contributed by atoms with Crippen LogP contribution in [0.25, 0.3) is 11.4 Å². The first-order chi connectivity index (χ1) is 16.2. The normalized spacial score (nSPS) is 13.9. The molecular weight excluding hydrogens is 458 g/mol. The molecule has 0 spiro atoms. The standard InChI is InChI=1S/C22H25N7O4S/c1-4-33-19-13-23-12-17(27-19)16-8-5-14(11-25-16)26-20(30)22(2,3)18-9-10-24-21(28-18)29-34(31,32)15-6-7-15/h5,8-13,15H,4,6-7H2,1-3H3,(H,26,30)(H,24,28,29). The molecule has 0 saturated heterocycles. The van der Waals surface area contributed by atoms with Gasteiger partial charge in [-0.15, -0.1) is 0 Å². The molecule has 11 nitrogen and oxygen atoms in total. The maximum Gasteiger partial charge on any atom is 0.237 e. The third-order valence-corrected chi connectivity index (χ3v) is 7.06. The molecule has 1 fully saturated rings. The summed E-state index contributed by atoms with van der Waals surface area (Å²) in [5.74, 6) is 0.0196. The molecule has 178 valence electrons. The number of carbonyl (C=O) groups excluding carboxylic acids is 1. The first-order valence-electron chi connectivity index (χ1n) is 10.8. The van der Waals surface area contributed by atoms with Crippen molar-refractivity contribution in [1.29, 1.82) is 0 Å². The molecule has 3 aromatic heterocycles. The Kier molecular flexibility index (Phi) is 6.42. The van der Waals surface area contributed by atoms with Gasteiger partial charge in [0, 0.05) is 6.20 Å². The number of nitrogens with zero attached hydrogens (tertiary/aromatic N) is 5. The maximum absolute atomic E-state index is 13.0. The highest BCUT2D eigenvalue weighted by Gasteiger charge is 2.37. The van der Waals surface area contributed by atoms with E-state index < -0.39 is 20.7 Å². The van der Waals surface area contributed by atoms with Crippen molar-refractivity contribution in [2.75, 3.05) is 16.6 Å². The summed E-state index contributed by atoms with van der Waals surface area (Å²) in [4.78, 5) is 34.1. The molecule has 3 aromatic rings. The minimum absolute atomic E-state index is 0.0494. The van der Waals surface area contributed by atoms with Crippen LogP contribution in [-0.4, -0.2) is 51.1 Å². The van der Waals surface area contributed by atoms with Crippen molar-refractivity contribution < 1.29 is 17.9 Å². The van der Waals surface area contributed by atoms with E-state index in [9.17, 15) is 13.2 Å². The number of pyridine rings is 1. The van der Waals surface area contributed by atoms with Crippen LogP contribution in [0.15, 0.2) is 43.0 Å². The predicted octanol–water partition coefficient (Wildman–Crippen LogP) is 2.55. The monoisotopic (exact) mass is 483 g/mol. The van der Waals surface area contributed by atoms with E-state index in [0.717, 1.165) is 0 Å². The van der Waals surface area contributed by atoms with Gasteiger partial charge in [0.1, 0.15) is 5.69 Å². The topological polar surface area (TPSA) is 149 Å². The van der Waals surface area contributed by atoms with Crippen molar-refractivity contribution in [3.05, 3.63) is 48.7 Å². The third kappa shape index (κ3) is 5.28. The fraction of sp³-hybridized carbons (Fsp3) is 0.364. The van der Waals surface area contributed by atoms with Crippen LogP contribution in [0.2, 0.25) is 0 Å². The highest BCUT2D eigenvalue weighted by molar-refractivity contribution is 7.93. The van der Waals surface area contributed by atoms with E-state index in [2.05, 4.69) is 35.0 Å². The van der Waals surface area contributed by atoms with E-state index in [4.69, 9.17) is 4.74 Å². The van der Waals surface area contributed by atoms with E-state index in [1.54, 1.807) is 38.2 Å². The lowest BCUT2D eigenvalue weighted by Gasteiger charge is -2.23. The Labute approximate surface area is 197 Å². The first-order valence-corrected chi connectivity index (χ1v) is 12.3. The largest absolute Gasteiger partial charge is 0.477 e. The van der Waals surface area contributed by atoms with Crippen LogP contribution < -0.4 is 14.8 Å². The summed E-state index contributed by atoms with van der Waals surface area (Å²) in [6.45, 7) is 5.73. The Morgan fingerprint density at radius 2 is 1.88 bits per heavy atom. The van der Waals surface area contributed by atoms with E-state index in [-0.39, 0.29) is 11.9 Å². The summed E-state index contributed by atoms with van der Waals surface area (Å²) in [7, 11) is -3.51. The molecule has 4 rings (SSSR count). The molecular formula is C22H25N7O4S. The number of rotatable bonds is 9. The van der Waals surface area contributed by atoms with Gasteiger partial charge in [0.05, 0.1) is 52.9 Å². The number of hydrogen-bond donors (Lipinski definition) is 2. The molecule has 0 atom stereocenters. The number of ether oxygens (including phenoxy) is 1. The number of hydrogen-bond acceptors (Lipinski definition) is 9. The lowest BCUT2D eigenvalue weighted by atomic mass is 9.88. The summed E-state index contributed by atoms with van der Waals surface area (Å²) >= 11 is 0. The second-order valence-corrected chi connectivity index (χ2v) is 10.3. The van der Waals surface area contributed by atoms with Crippen LogP contribution in [0, 0.1) is 0 Å². The molecule has 1 saturated carbocycles. The first kappa shape index (κ1) is 23.5. The summed E-state index contributed by atoms with van der Waals surface area (Å²) in [6.07, 6.45) is 7.30. The lowest BCUT2D eigenvalue weighted by Crippen LogP contribution is -2.36. The van der Waals surface area contributed by atoms with Crippen molar-refractivity contribution in [1.82, 2.24) is 24.9 Å². The van der Waals surface area contributed by atoms with Gasteiger partial charge in [0.15, 0.2) is 0 Å². The number of anilines is 2. The van der Waals surface area contributed by atoms with Crippen LogP contribution >= 0.6 is 0 Å². The van der Waals surface area contributed by atoms with Crippen LogP contribution in [-0.2, 0) is 20.2 Å². The van der Waals surface area contributed by atoms with Crippen LogP contribution in [0.4, 0.5) is 11.6 Å². The fourth-order valence-electron chi connectivity index (χ4n) is 3.06. The van der Waals surface area contributed by atoms with Gasteiger partial charge < -0.3 is 10.1 Å². The van der Waals surface area contributed by atoms with E-state index >= 15 is 0 Å². The Balaban J connectivity index is 1.46. The van der Waals surface area contributed by atoms with E-state index in [1.807, 2.05) is 6.92 Å². The molecule has 1 aliphatic rings. The second kappa shape index (κ2) is 9.29. The molecule has 12 heteroatoms.